The van der Waals surface area contributed by atoms with E-state index in [2.05, 4.69) is 25.9 Å². The molecule has 1 aromatic carbocycles. The van der Waals surface area contributed by atoms with Crippen LogP contribution in [0.4, 0.5) is 0 Å². The van der Waals surface area contributed by atoms with Gasteiger partial charge >= 0.3 is 0 Å². The summed E-state index contributed by atoms with van der Waals surface area (Å²) < 4.78 is 1.06. The number of nitrogens with zero attached hydrogens (tertiary/aromatic N) is 2. The zero-order valence-corrected chi connectivity index (χ0v) is 9.32. The quantitative estimate of drug-likeness (QED) is 0.775. The van der Waals surface area contributed by atoms with Crippen molar-refractivity contribution in [1.29, 1.82) is 0 Å². The average Bonchev–Trinajstić information content (AvgIpc) is 2.21. The Balaban J connectivity index is 2.40. The molecule has 0 aliphatic rings. The van der Waals surface area contributed by atoms with Crippen molar-refractivity contribution in [2.75, 3.05) is 0 Å². The van der Waals surface area contributed by atoms with Gasteiger partial charge in [-0.05, 0) is 24.6 Å². The third-order valence-electron chi connectivity index (χ3n) is 1.88. The second kappa shape index (κ2) is 3.88. The van der Waals surface area contributed by atoms with Crippen molar-refractivity contribution in [2.45, 2.75) is 6.92 Å². The van der Waals surface area contributed by atoms with Crippen molar-refractivity contribution < 1.29 is 0 Å². The highest BCUT2D eigenvalue weighted by molar-refractivity contribution is 9.10. The third kappa shape index (κ3) is 1.99. The summed E-state index contributed by atoms with van der Waals surface area (Å²) in [7, 11) is 0. The van der Waals surface area contributed by atoms with E-state index in [0.29, 0.717) is 0 Å². The third-order valence-corrected chi connectivity index (χ3v) is 2.41. The summed E-state index contributed by atoms with van der Waals surface area (Å²) in [5.74, 6) is 0.767. The Morgan fingerprint density at radius 2 is 1.57 bits per heavy atom. The fraction of sp³-hybridized carbons (Fsp3) is 0.0909. The fourth-order valence-electron chi connectivity index (χ4n) is 1.14. The number of aryl methyl sites for hydroxylation is 1. The Hall–Kier alpha value is -1.22. The molecule has 2 nitrogen and oxygen atoms in total. The highest BCUT2D eigenvalue weighted by Gasteiger charge is 1.99. The molecule has 1 aromatic heterocycles. The molecule has 0 N–H and O–H groups in total. The van der Waals surface area contributed by atoms with E-state index in [-0.39, 0.29) is 0 Å². The molecule has 0 saturated heterocycles. The van der Waals surface area contributed by atoms with Crippen LogP contribution in [-0.4, -0.2) is 9.97 Å². The maximum atomic E-state index is 4.25. The molecule has 0 unspecified atom stereocenters. The SMILES string of the molecule is Cc1cnc(-c2ccc(Br)cc2)nc1. The van der Waals surface area contributed by atoms with E-state index in [4.69, 9.17) is 0 Å². The lowest BCUT2D eigenvalue weighted by Crippen LogP contribution is -1.88. The fourth-order valence-corrected chi connectivity index (χ4v) is 1.40. The molecule has 14 heavy (non-hydrogen) atoms. The number of hydrogen-bond acceptors (Lipinski definition) is 2. The lowest BCUT2D eigenvalue weighted by atomic mass is 10.2. The number of halogens is 1. The molecule has 0 bridgehead atoms. The number of hydrogen-bond donors (Lipinski definition) is 0. The van der Waals surface area contributed by atoms with Crippen LogP contribution in [0, 0.1) is 6.92 Å². The van der Waals surface area contributed by atoms with Crippen molar-refractivity contribution in [2.24, 2.45) is 0 Å². The lowest BCUT2D eigenvalue weighted by Gasteiger charge is -1.99. The van der Waals surface area contributed by atoms with Gasteiger partial charge in [-0.1, -0.05) is 28.1 Å². The molecular formula is C11H9BrN2. The predicted octanol–water partition coefficient (Wildman–Crippen LogP) is 3.21. The Morgan fingerprint density at radius 3 is 2.14 bits per heavy atom. The van der Waals surface area contributed by atoms with E-state index in [0.717, 1.165) is 21.4 Å². The second-order valence-corrected chi connectivity index (χ2v) is 4.01. The Kier molecular flexibility index (Phi) is 2.59. The maximum absolute atomic E-state index is 4.25. The summed E-state index contributed by atoms with van der Waals surface area (Å²) in [6, 6.07) is 7.96. The molecule has 0 radical (unpaired) electrons. The Morgan fingerprint density at radius 1 is 1.00 bits per heavy atom. The second-order valence-electron chi connectivity index (χ2n) is 3.09. The Labute approximate surface area is 91.2 Å². The molecule has 70 valence electrons. The summed E-state index contributed by atoms with van der Waals surface area (Å²) in [6.45, 7) is 1.98. The number of rotatable bonds is 1. The molecular weight excluding hydrogens is 240 g/mol. The van der Waals surface area contributed by atoms with Gasteiger partial charge in [-0.15, -0.1) is 0 Å². The first-order chi connectivity index (χ1) is 6.75. The van der Waals surface area contributed by atoms with Gasteiger partial charge in [0.15, 0.2) is 5.82 Å². The van der Waals surface area contributed by atoms with Crippen molar-refractivity contribution in [3.63, 3.8) is 0 Å². The van der Waals surface area contributed by atoms with E-state index in [1.54, 1.807) is 0 Å². The summed E-state index contributed by atoms with van der Waals surface area (Å²) in [6.07, 6.45) is 3.65. The predicted molar refractivity (Wildman–Crippen MR) is 59.9 cm³/mol. The molecule has 0 atom stereocenters. The van der Waals surface area contributed by atoms with Crippen LogP contribution in [0.5, 0.6) is 0 Å². The van der Waals surface area contributed by atoms with Crippen molar-refractivity contribution in [3.05, 3.63) is 46.7 Å². The van der Waals surface area contributed by atoms with Gasteiger partial charge in [0.05, 0.1) is 0 Å². The molecule has 0 aliphatic heterocycles. The van der Waals surface area contributed by atoms with Gasteiger partial charge in [-0.3, -0.25) is 0 Å². The highest BCUT2D eigenvalue weighted by atomic mass is 79.9. The van der Waals surface area contributed by atoms with Gasteiger partial charge < -0.3 is 0 Å². The van der Waals surface area contributed by atoms with Gasteiger partial charge in [0.25, 0.3) is 0 Å². The minimum atomic E-state index is 0.767. The van der Waals surface area contributed by atoms with E-state index in [1.807, 2.05) is 43.6 Å². The number of aromatic nitrogens is 2. The van der Waals surface area contributed by atoms with Gasteiger partial charge in [0.1, 0.15) is 0 Å². The minimum absolute atomic E-state index is 0.767. The first kappa shape index (κ1) is 9.34. The largest absolute Gasteiger partial charge is 0.236 e. The summed E-state index contributed by atoms with van der Waals surface area (Å²) in [5, 5.41) is 0. The van der Waals surface area contributed by atoms with Crippen LogP contribution in [0.1, 0.15) is 5.56 Å². The molecule has 2 aromatic rings. The zero-order valence-electron chi connectivity index (χ0n) is 7.74. The molecule has 0 saturated carbocycles. The van der Waals surface area contributed by atoms with Crippen LogP contribution in [0.25, 0.3) is 11.4 Å². The minimum Gasteiger partial charge on any atom is -0.236 e. The van der Waals surface area contributed by atoms with Crippen LogP contribution in [0.15, 0.2) is 41.1 Å². The molecule has 0 spiro atoms. The average molecular weight is 249 g/mol. The van der Waals surface area contributed by atoms with Crippen molar-refractivity contribution in [3.8, 4) is 11.4 Å². The van der Waals surface area contributed by atoms with Crippen LogP contribution >= 0.6 is 15.9 Å². The van der Waals surface area contributed by atoms with Crippen molar-refractivity contribution >= 4 is 15.9 Å². The Bertz CT molecular complexity index is 377. The normalized spacial score (nSPS) is 10.1. The van der Waals surface area contributed by atoms with E-state index in [9.17, 15) is 0 Å². The summed E-state index contributed by atoms with van der Waals surface area (Å²) in [5.41, 5.74) is 2.11. The van der Waals surface area contributed by atoms with Crippen LogP contribution in [-0.2, 0) is 0 Å². The van der Waals surface area contributed by atoms with Gasteiger partial charge in [-0.25, -0.2) is 9.97 Å². The number of benzene rings is 1. The van der Waals surface area contributed by atoms with Gasteiger partial charge in [-0.2, -0.15) is 0 Å². The molecule has 2 rings (SSSR count). The summed E-state index contributed by atoms with van der Waals surface area (Å²) in [4.78, 5) is 8.50. The molecule has 0 amide bonds. The molecule has 1 heterocycles. The molecule has 0 aliphatic carbocycles. The monoisotopic (exact) mass is 248 g/mol. The van der Waals surface area contributed by atoms with E-state index in [1.165, 1.54) is 0 Å². The van der Waals surface area contributed by atoms with E-state index >= 15 is 0 Å². The maximum Gasteiger partial charge on any atom is 0.159 e. The molecule has 0 fully saturated rings. The van der Waals surface area contributed by atoms with Crippen LogP contribution in [0.3, 0.4) is 0 Å². The van der Waals surface area contributed by atoms with Crippen LogP contribution < -0.4 is 0 Å². The van der Waals surface area contributed by atoms with Gasteiger partial charge in [0.2, 0.25) is 0 Å². The molecule has 3 heteroatoms. The van der Waals surface area contributed by atoms with Crippen molar-refractivity contribution in [1.82, 2.24) is 9.97 Å². The smallest absolute Gasteiger partial charge is 0.159 e. The van der Waals surface area contributed by atoms with Gasteiger partial charge in [0, 0.05) is 22.4 Å². The highest BCUT2D eigenvalue weighted by Crippen LogP contribution is 2.17. The van der Waals surface area contributed by atoms with Crippen LogP contribution in [0.2, 0.25) is 0 Å². The standard InChI is InChI=1S/C11H9BrN2/c1-8-6-13-11(14-7-8)9-2-4-10(12)5-3-9/h2-7H,1H3. The topological polar surface area (TPSA) is 25.8 Å². The zero-order chi connectivity index (χ0) is 9.97. The first-order valence-corrected chi connectivity index (χ1v) is 5.09. The first-order valence-electron chi connectivity index (χ1n) is 4.30. The summed E-state index contributed by atoms with van der Waals surface area (Å²) >= 11 is 3.39. The van der Waals surface area contributed by atoms with E-state index < -0.39 is 0 Å². The lowest BCUT2D eigenvalue weighted by molar-refractivity contribution is 1.14.